The van der Waals surface area contributed by atoms with Crippen LogP contribution >= 0.6 is 11.6 Å². The lowest BCUT2D eigenvalue weighted by Gasteiger charge is -2.33. The lowest BCUT2D eigenvalue weighted by molar-refractivity contribution is -0.139. The van der Waals surface area contributed by atoms with E-state index in [9.17, 15) is 18.0 Å². The van der Waals surface area contributed by atoms with Crippen molar-refractivity contribution in [3.05, 3.63) is 95.0 Å². The van der Waals surface area contributed by atoms with E-state index in [-0.39, 0.29) is 23.4 Å². The van der Waals surface area contributed by atoms with E-state index in [1.807, 2.05) is 64.1 Å². The SMILES string of the molecule is CC[C@@H](C)NC(=O)[C@H](CC)N(CCc1ccccc1)C(=O)CN(c1cccc(C)c1)S(=O)(=O)c1ccc(Cl)cc1. The zero-order valence-electron chi connectivity index (χ0n) is 23.5. The van der Waals surface area contributed by atoms with Crippen LogP contribution in [-0.4, -0.2) is 50.3 Å². The molecule has 7 nitrogen and oxygen atoms in total. The number of hydrogen-bond acceptors (Lipinski definition) is 4. The number of anilines is 1. The topological polar surface area (TPSA) is 86.8 Å². The molecule has 0 bridgehead atoms. The fourth-order valence-corrected chi connectivity index (χ4v) is 5.91. The van der Waals surface area contributed by atoms with Gasteiger partial charge < -0.3 is 10.2 Å². The third-order valence-electron chi connectivity index (χ3n) is 6.84. The molecule has 9 heteroatoms. The second kappa shape index (κ2) is 14.3. The molecule has 0 aliphatic heterocycles. The Morgan fingerprint density at radius 3 is 2.20 bits per heavy atom. The summed E-state index contributed by atoms with van der Waals surface area (Å²) in [5, 5.41) is 3.40. The minimum absolute atomic E-state index is 0.0172. The minimum atomic E-state index is -4.13. The van der Waals surface area contributed by atoms with Crippen LogP contribution in [0.1, 0.15) is 44.7 Å². The summed E-state index contributed by atoms with van der Waals surface area (Å²) >= 11 is 6.01. The van der Waals surface area contributed by atoms with Crippen molar-refractivity contribution in [1.82, 2.24) is 10.2 Å². The van der Waals surface area contributed by atoms with Gasteiger partial charge in [-0.15, -0.1) is 0 Å². The molecule has 0 aromatic heterocycles. The van der Waals surface area contributed by atoms with Gasteiger partial charge in [-0.25, -0.2) is 8.42 Å². The maximum absolute atomic E-state index is 14.0. The van der Waals surface area contributed by atoms with Crippen LogP contribution in [0.3, 0.4) is 0 Å². The van der Waals surface area contributed by atoms with Gasteiger partial charge in [0.1, 0.15) is 12.6 Å². The van der Waals surface area contributed by atoms with Crippen LogP contribution in [0.25, 0.3) is 0 Å². The number of aryl methyl sites for hydroxylation is 1. The number of halogens is 1. The highest BCUT2D eigenvalue weighted by atomic mass is 35.5. The van der Waals surface area contributed by atoms with Crippen LogP contribution in [-0.2, 0) is 26.0 Å². The van der Waals surface area contributed by atoms with E-state index >= 15 is 0 Å². The lowest BCUT2D eigenvalue weighted by Crippen LogP contribution is -2.54. The van der Waals surface area contributed by atoms with Crippen LogP contribution in [0.4, 0.5) is 5.69 Å². The van der Waals surface area contributed by atoms with Crippen LogP contribution in [0, 0.1) is 6.92 Å². The first-order valence-corrected chi connectivity index (χ1v) is 15.4. The molecule has 3 aromatic rings. The average molecular weight is 584 g/mol. The van der Waals surface area contributed by atoms with E-state index in [2.05, 4.69) is 5.32 Å². The highest BCUT2D eigenvalue weighted by molar-refractivity contribution is 7.92. The molecule has 0 saturated heterocycles. The number of amides is 2. The van der Waals surface area contributed by atoms with Gasteiger partial charge in [0.15, 0.2) is 0 Å². The van der Waals surface area contributed by atoms with Gasteiger partial charge in [0.25, 0.3) is 10.0 Å². The van der Waals surface area contributed by atoms with Gasteiger partial charge in [-0.05, 0) is 80.6 Å². The summed E-state index contributed by atoms with van der Waals surface area (Å²) in [6, 6.07) is 21.7. The summed E-state index contributed by atoms with van der Waals surface area (Å²) in [6.07, 6.45) is 1.66. The molecule has 3 aromatic carbocycles. The van der Waals surface area contributed by atoms with E-state index in [1.165, 1.54) is 29.2 Å². The van der Waals surface area contributed by atoms with Crippen molar-refractivity contribution < 1.29 is 18.0 Å². The van der Waals surface area contributed by atoms with E-state index in [0.29, 0.717) is 23.6 Å². The summed E-state index contributed by atoms with van der Waals surface area (Å²) < 4.78 is 28.9. The second-order valence-corrected chi connectivity index (χ2v) is 12.2. The van der Waals surface area contributed by atoms with Gasteiger partial charge in [0.2, 0.25) is 11.8 Å². The summed E-state index contributed by atoms with van der Waals surface area (Å²) in [5.74, 6) is -0.706. The van der Waals surface area contributed by atoms with Crippen molar-refractivity contribution in [2.24, 2.45) is 0 Å². The van der Waals surface area contributed by atoms with Gasteiger partial charge in [-0.2, -0.15) is 0 Å². The number of benzene rings is 3. The lowest BCUT2D eigenvalue weighted by atomic mass is 10.1. The van der Waals surface area contributed by atoms with Gasteiger partial charge in [-0.1, -0.05) is 67.9 Å². The van der Waals surface area contributed by atoms with Gasteiger partial charge in [0, 0.05) is 17.6 Å². The van der Waals surface area contributed by atoms with Crippen molar-refractivity contribution >= 4 is 39.1 Å². The Morgan fingerprint density at radius 1 is 0.925 bits per heavy atom. The standard InChI is InChI=1S/C31H38ClN3O4S/c1-5-24(4)33-31(37)29(6-2)34(20-19-25-12-8-7-9-13-25)30(36)22-35(27-14-10-11-23(3)21-27)40(38,39)28-17-15-26(32)16-18-28/h7-18,21,24,29H,5-6,19-20,22H2,1-4H3,(H,33,37)/t24-,29+/m1/s1. The molecule has 1 N–H and O–H groups in total. The predicted octanol–water partition coefficient (Wildman–Crippen LogP) is 5.61. The summed E-state index contributed by atoms with van der Waals surface area (Å²) in [6.45, 7) is 7.40. The Balaban J connectivity index is 2.01. The van der Waals surface area contributed by atoms with Crippen molar-refractivity contribution in [3.63, 3.8) is 0 Å². The minimum Gasteiger partial charge on any atom is -0.352 e. The molecule has 0 fully saturated rings. The van der Waals surface area contributed by atoms with E-state index in [4.69, 9.17) is 11.6 Å². The third-order valence-corrected chi connectivity index (χ3v) is 8.88. The van der Waals surface area contributed by atoms with Crippen molar-refractivity contribution in [1.29, 1.82) is 0 Å². The Kier molecular flexibility index (Phi) is 11.2. The van der Waals surface area contributed by atoms with Crippen molar-refractivity contribution in [2.45, 2.75) is 63.9 Å². The Bertz CT molecular complexity index is 1380. The van der Waals surface area contributed by atoms with E-state index in [1.54, 1.807) is 18.2 Å². The monoisotopic (exact) mass is 583 g/mol. The number of rotatable bonds is 13. The van der Waals surface area contributed by atoms with E-state index in [0.717, 1.165) is 21.9 Å². The zero-order chi connectivity index (χ0) is 29.3. The van der Waals surface area contributed by atoms with Crippen LogP contribution in [0.2, 0.25) is 5.02 Å². The fourth-order valence-electron chi connectivity index (χ4n) is 4.38. The number of nitrogens with one attached hydrogen (secondary N) is 1. The van der Waals surface area contributed by atoms with Crippen LogP contribution in [0.15, 0.2) is 83.8 Å². The predicted molar refractivity (Wildman–Crippen MR) is 161 cm³/mol. The molecule has 0 aliphatic rings. The van der Waals surface area contributed by atoms with Crippen LogP contribution < -0.4 is 9.62 Å². The summed E-state index contributed by atoms with van der Waals surface area (Å²) in [4.78, 5) is 28.9. The molecule has 0 unspecified atom stereocenters. The molecule has 2 atom stereocenters. The molecule has 3 rings (SSSR count). The Morgan fingerprint density at radius 2 is 1.60 bits per heavy atom. The van der Waals surface area contributed by atoms with Gasteiger partial charge in [-0.3, -0.25) is 13.9 Å². The first-order valence-electron chi connectivity index (χ1n) is 13.6. The molecule has 0 spiro atoms. The Labute approximate surface area is 243 Å². The summed E-state index contributed by atoms with van der Waals surface area (Å²) in [7, 11) is -4.13. The number of nitrogens with zero attached hydrogens (tertiary/aromatic N) is 2. The quantitative estimate of drug-likeness (QED) is 0.283. The second-order valence-electron chi connectivity index (χ2n) is 9.87. The molecule has 0 heterocycles. The molecule has 214 valence electrons. The molecule has 0 radical (unpaired) electrons. The number of carbonyl (C=O) groups is 2. The molecular weight excluding hydrogens is 546 g/mol. The van der Waals surface area contributed by atoms with Crippen molar-refractivity contribution in [3.8, 4) is 0 Å². The molecule has 0 saturated carbocycles. The maximum Gasteiger partial charge on any atom is 0.264 e. The maximum atomic E-state index is 14.0. The average Bonchev–Trinajstić information content (AvgIpc) is 2.94. The number of sulfonamides is 1. The van der Waals surface area contributed by atoms with E-state index < -0.39 is 28.5 Å². The number of hydrogen-bond donors (Lipinski definition) is 1. The zero-order valence-corrected chi connectivity index (χ0v) is 25.1. The smallest absolute Gasteiger partial charge is 0.264 e. The highest BCUT2D eigenvalue weighted by Gasteiger charge is 2.33. The molecule has 2 amide bonds. The molecule has 0 aliphatic carbocycles. The molecule has 40 heavy (non-hydrogen) atoms. The number of carbonyl (C=O) groups excluding carboxylic acids is 2. The third kappa shape index (κ3) is 8.08. The summed E-state index contributed by atoms with van der Waals surface area (Å²) in [5.41, 5.74) is 2.23. The molecular formula is C31H38ClN3O4S. The highest BCUT2D eigenvalue weighted by Crippen LogP contribution is 2.26. The first-order chi connectivity index (χ1) is 19.1. The van der Waals surface area contributed by atoms with Crippen LogP contribution in [0.5, 0.6) is 0 Å². The van der Waals surface area contributed by atoms with Gasteiger partial charge >= 0.3 is 0 Å². The fraction of sp³-hybridized carbons (Fsp3) is 0.355. The van der Waals surface area contributed by atoms with Gasteiger partial charge in [0.05, 0.1) is 10.6 Å². The Hall–Kier alpha value is -3.36. The largest absolute Gasteiger partial charge is 0.352 e. The first kappa shape index (κ1) is 31.2. The normalized spacial score (nSPS) is 12.8. The van der Waals surface area contributed by atoms with Crippen molar-refractivity contribution in [2.75, 3.05) is 17.4 Å².